The number of thiophene rings is 1. The Bertz CT molecular complexity index is 953. The van der Waals surface area contributed by atoms with E-state index >= 15 is 0 Å². The van der Waals surface area contributed by atoms with Gasteiger partial charge in [-0.2, -0.15) is 5.10 Å². The van der Waals surface area contributed by atoms with Crippen LogP contribution in [0.1, 0.15) is 4.88 Å². The van der Waals surface area contributed by atoms with Crippen molar-refractivity contribution in [2.24, 2.45) is 5.10 Å². The molecule has 0 saturated carbocycles. The van der Waals surface area contributed by atoms with Crippen LogP contribution in [0.25, 0.3) is 11.1 Å². The molecule has 2 aromatic carbocycles. The number of hydrogen-bond acceptors (Lipinski definition) is 6. The zero-order valence-corrected chi connectivity index (χ0v) is 14.9. The number of hydrogen-bond donors (Lipinski definition) is 1. The second kappa shape index (κ2) is 8.72. The molecule has 0 aliphatic carbocycles. The van der Waals surface area contributed by atoms with E-state index in [0.29, 0.717) is 10.6 Å². The average molecular weight is 381 g/mol. The molecule has 7 nitrogen and oxygen atoms in total. The first-order chi connectivity index (χ1) is 13.1. The van der Waals surface area contributed by atoms with Crippen LogP contribution in [0.2, 0.25) is 0 Å². The fourth-order valence-corrected chi connectivity index (χ4v) is 2.93. The van der Waals surface area contributed by atoms with E-state index in [1.807, 2.05) is 42.5 Å². The highest BCUT2D eigenvalue weighted by Crippen LogP contribution is 2.23. The molecule has 1 amide bonds. The van der Waals surface area contributed by atoms with E-state index in [2.05, 4.69) is 10.5 Å². The van der Waals surface area contributed by atoms with Crippen molar-refractivity contribution in [2.75, 3.05) is 6.61 Å². The summed E-state index contributed by atoms with van der Waals surface area (Å²) in [5, 5.41) is 14.4. The molecule has 0 radical (unpaired) electrons. The Hall–Kier alpha value is -3.52. The van der Waals surface area contributed by atoms with Crippen molar-refractivity contribution in [1.29, 1.82) is 0 Å². The maximum Gasteiger partial charge on any atom is 0.324 e. The van der Waals surface area contributed by atoms with E-state index in [4.69, 9.17) is 4.74 Å². The van der Waals surface area contributed by atoms with Crippen molar-refractivity contribution < 1.29 is 14.5 Å². The number of benzene rings is 2. The van der Waals surface area contributed by atoms with Crippen LogP contribution in [0.3, 0.4) is 0 Å². The highest BCUT2D eigenvalue weighted by molar-refractivity contribution is 7.16. The molecule has 8 heteroatoms. The maximum atomic E-state index is 11.8. The van der Waals surface area contributed by atoms with Gasteiger partial charge < -0.3 is 4.74 Å². The lowest BCUT2D eigenvalue weighted by Crippen LogP contribution is -2.24. The normalized spacial score (nSPS) is 10.7. The number of hydrazone groups is 1. The van der Waals surface area contributed by atoms with Gasteiger partial charge in [0.15, 0.2) is 6.61 Å². The monoisotopic (exact) mass is 381 g/mol. The lowest BCUT2D eigenvalue weighted by Gasteiger charge is -2.06. The van der Waals surface area contributed by atoms with Gasteiger partial charge >= 0.3 is 5.00 Å². The van der Waals surface area contributed by atoms with Crippen molar-refractivity contribution in [3.8, 4) is 16.9 Å². The van der Waals surface area contributed by atoms with Crippen molar-refractivity contribution in [3.63, 3.8) is 0 Å². The molecule has 0 atom stereocenters. The summed E-state index contributed by atoms with van der Waals surface area (Å²) < 4.78 is 5.42. The van der Waals surface area contributed by atoms with Gasteiger partial charge in [-0.1, -0.05) is 53.8 Å². The minimum absolute atomic E-state index is 0.0186. The standard InChI is InChI=1S/C19H15N3O4S/c23-18(21-20-12-17-10-11-19(27-17)22(24)25)13-26-16-8-6-15(7-9-16)14-4-2-1-3-5-14/h1-12H,13H2,(H,21,23)/b20-12-. The van der Waals surface area contributed by atoms with Crippen LogP contribution in [-0.2, 0) is 4.79 Å². The molecule has 1 N–H and O–H groups in total. The first kappa shape index (κ1) is 18.3. The van der Waals surface area contributed by atoms with Gasteiger partial charge in [-0.05, 0) is 29.3 Å². The lowest BCUT2D eigenvalue weighted by molar-refractivity contribution is -0.380. The van der Waals surface area contributed by atoms with Gasteiger partial charge in [-0.25, -0.2) is 5.43 Å². The summed E-state index contributed by atoms with van der Waals surface area (Å²) in [6.45, 7) is -0.188. The SMILES string of the molecule is O=C(COc1ccc(-c2ccccc2)cc1)N/N=C\c1ccc([N+](=O)[O-])s1. The van der Waals surface area contributed by atoms with Crippen LogP contribution in [0, 0.1) is 10.1 Å². The fraction of sp³-hybridized carbons (Fsp3) is 0.0526. The average Bonchev–Trinajstić information content (AvgIpc) is 3.17. The molecule has 3 aromatic rings. The van der Waals surface area contributed by atoms with Crippen LogP contribution < -0.4 is 10.2 Å². The Morgan fingerprint density at radius 2 is 1.78 bits per heavy atom. The van der Waals surface area contributed by atoms with E-state index in [1.54, 1.807) is 18.2 Å². The topological polar surface area (TPSA) is 93.8 Å². The Labute approximate surface area is 159 Å². The summed E-state index contributed by atoms with van der Waals surface area (Å²) in [6, 6.07) is 20.3. The first-order valence-corrected chi connectivity index (χ1v) is 8.78. The van der Waals surface area contributed by atoms with Gasteiger partial charge in [0.2, 0.25) is 0 Å². The van der Waals surface area contributed by atoms with E-state index < -0.39 is 10.8 Å². The molecule has 0 bridgehead atoms. The van der Waals surface area contributed by atoms with E-state index in [-0.39, 0.29) is 11.6 Å². The van der Waals surface area contributed by atoms with Crippen LogP contribution in [0.4, 0.5) is 5.00 Å². The Kier molecular flexibility index (Phi) is 5.91. The maximum absolute atomic E-state index is 11.8. The summed E-state index contributed by atoms with van der Waals surface area (Å²) in [7, 11) is 0. The van der Waals surface area contributed by atoms with Gasteiger partial charge in [0.25, 0.3) is 5.91 Å². The van der Waals surface area contributed by atoms with Gasteiger partial charge in [0, 0.05) is 6.07 Å². The predicted molar refractivity (Wildman–Crippen MR) is 104 cm³/mol. The Morgan fingerprint density at radius 1 is 1.07 bits per heavy atom. The Balaban J connectivity index is 1.47. The third-order valence-corrected chi connectivity index (χ3v) is 4.48. The van der Waals surface area contributed by atoms with Crippen molar-refractivity contribution in [3.05, 3.63) is 81.7 Å². The number of carbonyl (C=O) groups excluding carboxylic acids is 1. The lowest BCUT2D eigenvalue weighted by atomic mass is 10.1. The predicted octanol–water partition coefficient (Wildman–Crippen LogP) is 3.85. The molecule has 1 heterocycles. The quantitative estimate of drug-likeness (QED) is 0.382. The van der Waals surface area contributed by atoms with Gasteiger partial charge in [0.05, 0.1) is 16.0 Å². The molecule has 0 spiro atoms. The van der Waals surface area contributed by atoms with E-state index in [0.717, 1.165) is 22.5 Å². The van der Waals surface area contributed by atoms with Gasteiger partial charge in [-0.15, -0.1) is 0 Å². The number of rotatable bonds is 7. The van der Waals surface area contributed by atoms with Crippen molar-refractivity contribution >= 4 is 28.5 Å². The highest BCUT2D eigenvalue weighted by Gasteiger charge is 2.08. The molecule has 0 aliphatic rings. The van der Waals surface area contributed by atoms with Crippen LogP contribution in [-0.4, -0.2) is 23.7 Å². The molecular weight excluding hydrogens is 366 g/mol. The number of nitro groups is 1. The molecule has 1 aromatic heterocycles. The summed E-state index contributed by atoms with van der Waals surface area (Å²) in [6.07, 6.45) is 1.35. The molecule has 27 heavy (non-hydrogen) atoms. The Morgan fingerprint density at radius 3 is 2.44 bits per heavy atom. The second-order valence-corrected chi connectivity index (χ2v) is 6.50. The summed E-state index contributed by atoms with van der Waals surface area (Å²) in [5.74, 6) is 0.145. The number of carbonyl (C=O) groups is 1. The molecule has 0 aliphatic heterocycles. The largest absolute Gasteiger partial charge is 0.484 e. The third-order valence-electron chi connectivity index (χ3n) is 3.50. The fourth-order valence-electron chi connectivity index (χ4n) is 2.23. The minimum atomic E-state index is -0.475. The van der Waals surface area contributed by atoms with Gasteiger partial charge in [0.1, 0.15) is 5.75 Å². The smallest absolute Gasteiger partial charge is 0.324 e. The number of amides is 1. The van der Waals surface area contributed by atoms with E-state index in [1.165, 1.54) is 12.3 Å². The first-order valence-electron chi connectivity index (χ1n) is 7.96. The zero-order chi connectivity index (χ0) is 19.1. The molecule has 0 saturated heterocycles. The number of ether oxygens (including phenoxy) is 1. The van der Waals surface area contributed by atoms with Crippen molar-refractivity contribution in [2.45, 2.75) is 0 Å². The third kappa shape index (κ3) is 5.23. The number of nitrogens with zero attached hydrogens (tertiary/aromatic N) is 2. The van der Waals surface area contributed by atoms with Crippen LogP contribution in [0.5, 0.6) is 5.75 Å². The van der Waals surface area contributed by atoms with E-state index in [9.17, 15) is 14.9 Å². The highest BCUT2D eigenvalue weighted by atomic mass is 32.1. The summed E-state index contributed by atoms with van der Waals surface area (Å²) in [5.41, 5.74) is 4.48. The van der Waals surface area contributed by atoms with Crippen molar-refractivity contribution in [1.82, 2.24) is 5.43 Å². The molecular formula is C19H15N3O4S. The second-order valence-electron chi connectivity index (χ2n) is 5.41. The summed E-state index contributed by atoms with van der Waals surface area (Å²) in [4.78, 5) is 22.5. The molecule has 3 rings (SSSR count). The summed E-state index contributed by atoms with van der Waals surface area (Å²) >= 11 is 0.971. The zero-order valence-electron chi connectivity index (χ0n) is 14.1. The minimum Gasteiger partial charge on any atom is -0.484 e. The molecule has 0 fully saturated rings. The molecule has 0 unspecified atom stereocenters. The van der Waals surface area contributed by atoms with Gasteiger partial charge in [-0.3, -0.25) is 14.9 Å². The van der Waals surface area contributed by atoms with Crippen LogP contribution in [0.15, 0.2) is 71.8 Å². The number of nitrogens with one attached hydrogen (secondary N) is 1. The van der Waals surface area contributed by atoms with Crippen LogP contribution >= 0.6 is 11.3 Å². The molecule has 136 valence electrons.